The van der Waals surface area contributed by atoms with Gasteiger partial charge >= 0.3 is 0 Å². The highest BCUT2D eigenvalue weighted by molar-refractivity contribution is 5.85. The number of aryl methyl sites for hydroxylation is 1. The third-order valence-corrected chi connectivity index (χ3v) is 3.06. The molecule has 0 radical (unpaired) electrons. The topological polar surface area (TPSA) is 42.1 Å². The smallest absolute Gasteiger partial charge is 0.166 e. The molecule has 0 amide bonds. The van der Waals surface area contributed by atoms with Crippen LogP contribution in [-0.4, -0.2) is 24.0 Å². The zero-order chi connectivity index (χ0) is 16.3. The third-order valence-electron chi connectivity index (χ3n) is 3.06. The molecule has 0 saturated heterocycles. The van der Waals surface area contributed by atoms with Gasteiger partial charge in [-0.3, -0.25) is 0 Å². The molecule has 0 aliphatic rings. The van der Waals surface area contributed by atoms with E-state index in [2.05, 4.69) is 4.98 Å². The normalized spacial score (nSPS) is 10.6. The summed E-state index contributed by atoms with van der Waals surface area (Å²) in [5, 5.41) is 0. The van der Waals surface area contributed by atoms with E-state index in [0.717, 1.165) is 5.56 Å². The Hall–Kier alpha value is -1.69. The van der Waals surface area contributed by atoms with E-state index in [1.807, 2.05) is 32.0 Å². The number of pyridine rings is 1. The number of aromatic nitrogens is 1. The number of hydrogen-bond acceptors (Lipinski definition) is 3. The van der Waals surface area contributed by atoms with Crippen molar-refractivity contribution >= 4 is 42.8 Å². The van der Waals surface area contributed by atoms with Gasteiger partial charge in [0.15, 0.2) is 11.6 Å². The largest absolute Gasteiger partial charge is 0.384 e. The number of rotatable bonds is 4. The molecule has 0 fully saturated rings. The number of nitrogens with zero attached hydrogens (tertiary/aromatic N) is 2. The van der Waals surface area contributed by atoms with Crippen LogP contribution in [0, 0.1) is 18.6 Å². The molecule has 7 heteroatoms. The maximum Gasteiger partial charge on any atom is 0.166 e. The molecule has 0 atom stereocenters. The molecule has 1 aromatic carbocycles. The van der Waals surface area contributed by atoms with E-state index in [1.165, 1.54) is 12.1 Å². The molecule has 132 valence electrons. The first kappa shape index (κ1) is 22.3. The Morgan fingerprint density at radius 3 is 2.33 bits per heavy atom. The zero-order valence-corrected chi connectivity index (χ0v) is 15.3. The van der Waals surface area contributed by atoms with Crippen LogP contribution in [-0.2, 0) is 6.54 Å². The summed E-state index contributed by atoms with van der Waals surface area (Å²) in [7, 11) is 3.74. The first-order valence-electron chi connectivity index (χ1n) is 6.90. The summed E-state index contributed by atoms with van der Waals surface area (Å²) in [5.74, 6) is -1.32. The second kappa shape index (κ2) is 9.57. The lowest BCUT2D eigenvalue weighted by Crippen LogP contribution is -2.11. The molecular formula is C17H21Cl2F2N3. The fourth-order valence-corrected chi connectivity index (χ4v) is 2.23. The summed E-state index contributed by atoms with van der Waals surface area (Å²) < 4.78 is 27.6. The van der Waals surface area contributed by atoms with Crippen LogP contribution >= 0.6 is 24.8 Å². The maximum absolute atomic E-state index is 13.9. The molecule has 0 bridgehead atoms. The number of nitrogen functional groups attached to an aromatic ring is 1. The van der Waals surface area contributed by atoms with E-state index in [0.29, 0.717) is 23.6 Å². The number of nitrogens with two attached hydrogens (primary N) is 1. The van der Waals surface area contributed by atoms with Crippen molar-refractivity contribution in [3.05, 3.63) is 58.3 Å². The van der Waals surface area contributed by atoms with Gasteiger partial charge in [-0.25, -0.2) is 13.8 Å². The van der Waals surface area contributed by atoms with E-state index in [9.17, 15) is 8.78 Å². The van der Waals surface area contributed by atoms with E-state index >= 15 is 0 Å². The van der Waals surface area contributed by atoms with Crippen LogP contribution in [0.3, 0.4) is 0 Å². The highest BCUT2D eigenvalue weighted by atomic mass is 35.5. The van der Waals surface area contributed by atoms with Crippen LogP contribution < -0.4 is 5.73 Å². The molecule has 3 nitrogen and oxygen atoms in total. The van der Waals surface area contributed by atoms with Gasteiger partial charge in [0.05, 0.1) is 5.69 Å². The fourth-order valence-electron chi connectivity index (χ4n) is 2.23. The quantitative estimate of drug-likeness (QED) is 0.864. The minimum atomic E-state index is -0.862. The van der Waals surface area contributed by atoms with Gasteiger partial charge in [0.1, 0.15) is 5.82 Å². The van der Waals surface area contributed by atoms with Crippen LogP contribution in [0.4, 0.5) is 14.6 Å². The second-order valence-electron chi connectivity index (χ2n) is 5.55. The Morgan fingerprint density at radius 1 is 1.08 bits per heavy atom. The highest BCUT2D eigenvalue weighted by Crippen LogP contribution is 2.19. The first-order chi connectivity index (χ1) is 10.3. The van der Waals surface area contributed by atoms with Crippen LogP contribution in [0.2, 0.25) is 0 Å². The zero-order valence-electron chi connectivity index (χ0n) is 13.7. The van der Waals surface area contributed by atoms with Gasteiger partial charge in [-0.1, -0.05) is 0 Å². The van der Waals surface area contributed by atoms with Crippen LogP contribution in [0.5, 0.6) is 0 Å². The molecule has 1 aromatic heterocycles. The minimum absolute atomic E-state index is 0. The van der Waals surface area contributed by atoms with Crippen molar-refractivity contribution in [2.45, 2.75) is 13.5 Å². The summed E-state index contributed by atoms with van der Waals surface area (Å²) in [6, 6.07) is 6.42. The van der Waals surface area contributed by atoms with Crippen molar-refractivity contribution in [1.29, 1.82) is 0 Å². The van der Waals surface area contributed by atoms with Gasteiger partial charge in [-0.2, -0.15) is 0 Å². The number of benzene rings is 1. The fraction of sp³-hybridized carbons (Fsp3) is 0.235. The van der Waals surface area contributed by atoms with Gasteiger partial charge in [0.2, 0.25) is 0 Å². The molecule has 0 aliphatic carbocycles. The number of halogens is 4. The average molecular weight is 376 g/mol. The lowest BCUT2D eigenvalue weighted by molar-refractivity contribution is 0.400. The Labute approximate surface area is 153 Å². The Morgan fingerprint density at radius 2 is 1.75 bits per heavy atom. The van der Waals surface area contributed by atoms with Crippen molar-refractivity contribution in [3.8, 4) is 0 Å². The van der Waals surface area contributed by atoms with Crippen molar-refractivity contribution in [2.75, 3.05) is 19.8 Å². The molecule has 0 aliphatic heterocycles. The van der Waals surface area contributed by atoms with Gasteiger partial charge in [0.25, 0.3) is 0 Å². The van der Waals surface area contributed by atoms with Crippen LogP contribution in [0.15, 0.2) is 24.3 Å². The summed E-state index contributed by atoms with van der Waals surface area (Å²) >= 11 is 0. The summed E-state index contributed by atoms with van der Waals surface area (Å²) in [5.41, 5.74) is 8.14. The van der Waals surface area contributed by atoms with Crippen LogP contribution in [0.25, 0.3) is 12.2 Å². The molecule has 2 N–H and O–H groups in total. The predicted octanol–water partition coefficient (Wildman–Crippen LogP) is 4.33. The van der Waals surface area contributed by atoms with Crippen molar-refractivity contribution in [1.82, 2.24) is 9.88 Å². The molecule has 1 heterocycles. The minimum Gasteiger partial charge on any atom is -0.384 e. The van der Waals surface area contributed by atoms with Gasteiger partial charge in [-0.05, 0) is 68.6 Å². The molecule has 0 unspecified atom stereocenters. The maximum atomic E-state index is 13.9. The summed E-state index contributed by atoms with van der Waals surface area (Å²) in [6.45, 7) is 2.43. The second-order valence-corrected chi connectivity index (χ2v) is 5.55. The van der Waals surface area contributed by atoms with Gasteiger partial charge in [0, 0.05) is 12.1 Å². The lowest BCUT2D eigenvalue weighted by atomic mass is 10.1. The van der Waals surface area contributed by atoms with E-state index in [-0.39, 0.29) is 30.4 Å². The predicted molar refractivity (Wildman–Crippen MR) is 101 cm³/mol. The third kappa shape index (κ3) is 6.07. The Bertz CT molecular complexity index is 699. The van der Waals surface area contributed by atoms with Gasteiger partial charge < -0.3 is 10.6 Å². The van der Waals surface area contributed by atoms with E-state index in [1.54, 1.807) is 18.2 Å². The summed E-state index contributed by atoms with van der Waals surface area (Å²) in [6.07, 6.45) is 3.14. The molecule has 0 spiro atoms. The lowest BCUT2D eigenvalue weighted by Gasteiger charge is -2.11. The molecule has 2 aromatic rings. The van der Waals surface area contributed by atoms with Crippen molar-refractivity contribution in [3.63, 3.8) is 0 Å². The van der Waals surface area contributed by atoms with Gasteiger partial charge in [-0.15, -0.1) is 24.8 Å². The van der Waals surface area contributed by atoms with Crippen molar-refractivity contribution < 1.29 is 8.78 Å². The average Bonchev–Trinajstić information content (AvgIpc) is 2.39. The Balaban J connectivity index is 0.00000264. The molecular weight excluding hydrogens is 355 g/mol. The number of anilines is 1. The van der Waals surface area contributed by atoms with Crippen LogP contribution in [0.1, 0.15) is 22.4 Å². The van der Waals surface area contributed by atoms with Crippen molar-refractivity contribution in [2.24, 2.45) is 0 Å². The summed E-state index contributed by atoms with van der Waals surface area (Å²) in [4.78, 5) is 6.03. The molecule has 24 heavy (non-hydrogen) atoms. The van der Waals surface area contributed by atoms with E-state index in [4.69, 9.17) is 5.73 Å². The van der Waals surface area contributed by atoms with E-state index < -0.39 is 11.6 Å². The molecule has 2 rings (SSSR count). The first-order valence-corrected chi connectivity index (χ1v) is 6.90. The number of hydrogen-bond donors (Lipinski definition) is 1. The highest BCUT2D eigenvalue weighted by Gasteiger charge is 2.09. The Kier molecular flexibility index (Phi) is 8.89. The monoisotopic (exact) mass is 375 g/mol. The SMILES string of the molecule is Cc1cc(N)nc(/C=C/c2cc(CN(C)C)cc(F)c2F)c1.Cl.Cl. The standard InChI is InChI=1S/C17H19F2N3.2ClH/c1-11-6-14(21-16(20)7-11)5-4-13-8-12(10-22(2)3)9-15(18)17(13)19;;/h4-9H,10H2,1-3H3,(H2,20,21);2*1H/b5-4+;;. The molecule has 0 saturated carbocycles.